The van der Waals surface area contributed by atoms with Crippen molar-refractivity contribution in [1.82, 2.24) is 9.46 Å². The first-order valence-electron chi connectivity index (χ1n) is 8.20. The Labute approximate surface area is 151 Å². The molecule has 3 rings (SSSR count). The van der Waals surface area contributed by atoms with Crippen molar-refractivity contribution in [3.63, 3.8) is 0 Å². The van der Waals surface area contributed by atoms with Gasteiger partial charge in [-0.15, -0.1) is 0 Å². The van der Waals surface area contributed by atoms with Gasteiger partial charge in [0.25, 0.3) is 0 Å². The van der Waals surface area contributed by atoms with Crippen LogP contribution in [0.2, 0.25) is 0 Å². The summed E-state index contributed by atoms with van der Waals surface area (Å²) in [4.78, 5) is 13.2. The van der Waals surface area contributed by atoms with E-state index in [0.717, 1.165) is 0 Å². The van der Waals surface area contributed by atoms with Gasteiger partial charge in [0.1, 0.15) is 16.4 Å². The number of sulfonamides is 1. The fraction of sp³-hybridized carbons (Fsp3) is 0.412. The largest absolute Gasteiger partial charge is 0.367 e. The van der Waals surface area contributed by atoms with Crippen LogP contribution in [0.5, 0.6) is 0 Å². The van der Waals surface area contributed by atoms with E-state index in [1.807, 2.05) is 0 Å². The summed E-state index contributed by atoms with van der Waals surface area (Å²) in [6.07, 6.45) is 0. The van der Waals surface area contributed by atoms with Gasteiger partial charge in [-0.1, -0.05) is 5.16 Å². The summed E-state index contributed by atoms with van der Waals surface area (Å²) in [5.41, 5.74) is 1.01. The minimum Gasteiger partial charge on any atom is -0.367 e. The van der Waals surface area contributed by atoms with Crippen molar-refractivity contribution in [2.24, 2.45) is 0 Å². The van der Waals surface area contributed by atoms with Crippen molar-refractivity contribution in [3.05, 3.63) is 41.0 Å². The summed E-state index contributed by atoms with van der Waals surface area (Å²) >= 11 is 0. The van der Waals surface area contributed by atoms with Gasteiger partial charge in [0.05, 0.1) is 5.69 Å². The number of piperazine rings is 1. The van der Waals surface area contributed by atoms with E-state index in [9.17, 15) is 17.6 Å². The predicted octanol–water partition coefficient (Wildman–Crippen LogP) is 2.14. The Morgan fingerprint density at radius 2 is 1.85 bits per heavy atom. The minimum absolute atomic E-state index is 0.0999. The standard InChI is InChI=1S/C17H20FN3O4S/c1-11-17(13(3)25-19-11)26(23,24)21-8-6-20(7-9-21)16-5-4-14(12(2)22)10-15(16)18/h4-5,10H,6-9H2,1-3H3. The summed E-state index contributed by atoms with van der Waals surface area (Å²) in [7, 11) is -3.70. The molecule has 7 nitrogen and oxygen atoms in total. The Morgan fingerprint density at radius 3 is 2.35 bits per heavy atom. The highest BCUT2D eigenvalue weighted by atomic mass is 32.2. The van der Waals surface area contributed by atoms with Crippen molar-refractivity contribution in [2.75, 3.05) is 31.1 Å². The van der Waals surface area contributed by atoms with E-state index in [2.05, 4.69) is 5.16 Å². The van der Waals surface area contributed by atoms with Gasteiger partial charge in [0.15, 0.2) is 11.5 Å². The van der Waals surface area contributed by atoms with Crippen molar-refractivity contribution in [1.29, 1.82) is 0 Å². The molecule has 1 aromatic carbocycles. The molecule has 140 valence electrons. The molecule has 1 saturated heterocycles. The molecule has 1 fully saturated rings. The number of hydrogen-bond acceptors (Lipinski definition) is 6. The number of aryl methyl sites for hydroxylation is 2. The fourth-order valence-electron chi connectivity index (χ4n) is 3.12. The van der Waals surface area contributed by atoms with Crippen LogP contribution >= 0.6 is 0 Å². The second-order valence-corrected chi connectivity index (χ2v) is 8.14. The minimum atomic E-state index is -3.70. The molecule has 9 heteroatoms. The lowest BCUT2D eigenvalue weighted by atomic mass is 10.1. The number of nitrogens with zero attached hydrogens (tertiary/aromatic N) is 3. The molecule has 2 aromatic rings. The Kier molecular flexibility index (Phi) is 4.85. The van der Waals surface area contributed by atoms with Crippen LogP contribution in [0.4, 0.5) is 10.1 Å². The Hall–Kier alpha value is -2.26. The summed E-state index contributed by atoms with van der Waals surface area (Å²) in [5.74, 6) is -0.429. The van der Waals surface area contributed by atoms with E-state index in [1.54, 1.807) is 30.9 Å². The van der Waals surface area contributed by atoms with Crippen LogP contribution < -0.4 is 4.90 Å². The number of carbonyl (C=O) groups is 1. The molecule has 0 spiro atoms. The van der Waals surface area contributed by atoms with Gasteiger partial charge in [-0.05, 0) is 39.0 Å². The molecule has 0 saturated carbocycles. The van der Waals surface area contributed by atoms with Gasteiger partial charge < -0.3 is 9.42 Å². The van der Waals surface area contributed by atoms with E-state index in [-0.39, 0.29) is 29.5 Å². The Morgan fingerprint density at radius 1 is 1.19 bits per heavy atom. The molecular weight excluding hydrogens is 361 g/mol. The third kappa shape index (κ3) is 3.24. The molecule has 0 aliphatic carbocycles. The van der Waals surface area contributed by atoms with Crippen LogP contribution in [-0.4, -0.2) is 49.8 Å². The normalized spacial score (nSPS) is 16.1. The molecule has 0 amide bonds. The number of Topliss-reactive ketones (excluding diaryl/α,β-unsaturated/α-hetero) is 1. The van der Waals surface area contributed by atoms with Gasteiger partial charge in [0.2, 0.25) is 10.0 Å². The van der Waals surface area contributed by atoms with Gasteiger partial charge in [-0.3, -0.25) is 4.79 Å². The van der Waals surface area contributed by atoms with Gasteiger partial charge in [0, 0.05) is 31.7 Å². The first kappa shape index (κ1) is 18.5. The molecule has 0 atom stereocenters. The third-order valence-corrected chi connectivity index (χ3v) is 6.64. The molecule has 0 N–H and O–H groups in total. The van der Waals surface area contributed by atoms with Crippen molar-refractivity contribution in [2.45, 2.75) is 25.7 Å². The summed E-state index contributed by atoms with van der Waals surface area (Å²) in [5, 5.41) is 3.71. The highest BCUT2D eigenvalue weighted by molar-refractivity contribution is 7.89. The summed E-state index contributed by atoms with van der Waals surface area (Å²) in [6.45, 7) is 5.67. The van der Waals surface area contributed by atoms with Gasteiger partial charge in [-0.25, -0.2) is 12.8 Å². The smallest absolute Gasteiger partial charge is 0.248 e. The van der Waals surface area contributed by atoms with Crippen LogP contribution in [0.3, 0.4) is 0 Å². The van der Waals surface area contributed by atoms with Gasteiger partial charge >= 0.3 is 0 Å². The fourth-order valence-corrected chi connectivity index (χ4v) is 4.84. The number of benzene rings is 1. The zero-order chi connectivity index (χ0) is 19.1. The van der Waals surface area contributed by atoms with Gasteiger partial charge in [-0.2, -0.15) is 4.31 Å². The number of aromatic nitrogens is 1. The molecule has 0 bridgehead atoms. The molecular formula is C17H20FN3O4S. The van der Waals surface area contributed by atoms with Crippen molar-refractivity contribution < 1.29 is 22.1 Å². The van der Waals surface area contributed by atoms with E-state index < -0.39 is 15.8 Å². The summed E-state index contributed by atoms with van der Waals surface area (Å²) in [6, 6.07) is 4.35. The van der Waals surface area contributed by atoms with E-state index in [1.165, 1.54) is 17.3 Å². The molecule has 1 aromatic heterocycles. The highest BCUT2D eigenvalue weighted by Crippen LogP contribution is 2.27. The lowest BCUT2D eigenvalue weighted by Crippen LogP contribution is -2.49. The maximum absolute atomic E-state index is 14.3. The van der Waals surface area contributed by atoms with Crippen LogP contribution in [0.1, 0.15) is 28.7 Å². The Balaban J connectivity index is 1.77. The average Bonchev–Trinajstić information content (AvgIpc) is 2.94. The average molecular weight is 381 g/mol. The van der Waals surface area contributed by atoms with E-state index >= 15 is 0 Å². The number of ketones is 1. The van der Waals surface area contributed by atoms with Crippen LogP contribution in [0.15, 0.2) is 27.6 Å². The third-order valence-electron chi connectivity index (χ3n) is 4.50. The molecule has 1 aliphatic rings. The lowest BCUT2D eigenvalue weighted by Gasteiger charge is -2.35. The maximum atomic E-state index is 14.3. The molecule has 1 aliphatic heterocycles. The molecule has 26 heavy (non-hydrogen) atoms. The van der Waals surface area contributed by atoms with E-state index in [0.29, 0.717) is 30.0 Å². The zero-order valence-electron chi connectivity index (χ0n) is 14.8. The van der Waals surface area contributed by atoms with Crippen molar-refractivity contribution >= 4 is 21.5 Å². The number of hydrogen-bond donors (Lipinski definition) is 0. The number of anilines is 1. The maximum Gasteiger partial charge on any atom is 0.248 e. The van der Waals surface area contributed by atoms with Crippen LogP contribution in [0, 0.1) is 19.7 Å². The second kappa shape index (κ2) is 6.81. The SMILES string of the molecule is CC(=O)c1ccc(N2CCN(S(=O)(=O)c3c(C)noc3C)CC2)c(F)c1. The zero-order valence-corrected chi connectivity index (χ0v) is 15.6. The summed E-state index contributed by atoms with van der Waals surface area (Å²) < 4.78 is 46.3. The van der Waals surface area contributed by atoms with Crippen LogP contribution in [-0.2, 0) is 10.0 Å². The highest BCUT2D eigenvalue weighted by Gasteiger charge is 2.33. The number of rotatable bonds is 4. The predicted molar refractivity (Wildman–Crippen MR) is 93.4 cm³/mol. The number of carbonyl (C=O) groups excluding carboxylic acids is 1. The lowest BCUT2D eigenvalue weighted by molar-refractivity contribution is 0.101. The first-order chi connectivity index (χ1) is 12.2. The van der Waals surface area contributed by atoms with Crippen LogP contribution in [0.25, 0.3) is 0 Å². The molecule has 2 heterocycles. The number of halogens is 1. The van der Waals surface area contributed by atoms with Crippen molar-refractivity contribution in [3.8, 4) is 0 Å². The first-order valence-corrected chi connectivity index (χ1v) is 9.64. The topological polar surface area (TPSA) is 83.7 Å². The van der Waals surface area contributed by atoms with E-state index in [4.69, 9.17) is 4.52 Å². The second-order valence-electron chi connectivity index (χ2n) is 6.27. The molecule has 0 radical (unpaired) electrons. The quantitative estimate of drug-likeness (QED) is 0.755. The monoisotopic (exact) mass is 381 g/mol. The molecule has 0 unspecified atom stereocenters. The Bertz CT molecular complexity index is 927.